The van der Waals surface area contributed by atoms with E-state index in [0.717, 1.165) is 50.3 Å². The van der Waals surface area contributed by atoms with Crippen LogP contribution in [0.4, 0.5) is 0 Å². The van der Waals surface area contributed by atoms with E-state index in [0.29, 0.717) is 24.0 Å². The molecule has 0 N–H and O–H groups in total. The molecule has 8 heteroatoms. The number of carbonyl (C=O) groups excluding carboxylic acids is 1. The summed E-state index contributed by atoms with van der Waals surface area (Å²) >= 11 is 0. The fraction of sp³-hybridized carbons (Fsp3) is 0.533. The second-order valence-corrected chi connectivity index (χ2v) is 11.1. The third kappa shape index (κ3) is 5.04. The molecule has 0 spiro atoms. The van der Waals surface area contributed by atoms with Crippen molar-refractivity contribution in [3.8, 4) is 5.75 Å². The Labute approximate surface area is 230 Å². The zero-order valence-electron chi connectivity index (χ0n) is 22.1. The molecule has 6 unspecified atom stereocenters. The van der Waals surface area contributed by atoms with Gasteiger partial charge in [-0.25, -0.2) is 0 Å². The fourth-order valence-corrected chi connectivity index (χ4v) is 6.98. The van der Waals surface area contributed by atoms with Gasteiger partial charge in [-0.15, -0.1) is 12.4 Å². The van der Waals surface area contributed by atoms with Gasteiger partial charge in [-0.2, -0.15) is 0 Å². The first-order valence-electron chi connectivity index (χ1n) is 13.6. The number of fused-ring (bicyclic) bond motifs is 5. The third-order valence-electron chi connectivity index (χ3n) is 8.90. The summed E-state index contributed by atoms with van der Waals surface area (Å²) in [5, 5.41) is 0. The summed E-state index contributed by atoms with van der Waals surface area (Å²) in [6.45, 7) is 6.54. The Morgan fingerprint density at radius 1 is 1.03 bits per heavy atom. The highest BCUT2D eigenvalue weighted by atomic mass is 35.5. The van der Waals surface area contributed by atoms with E-state index < -0.39 is 0 Å². The molecule has 0 radical (unpaired) electrons. The molecular formula is C30H37ClN2O5. The van der Waals surface area contributed by atoms with Gasteiger partial charge in [0.25, 0.3) is 5.56 Å². The predicted molar refractivity (Wildman–Crippen MR) is 148 cm³/mol. The highest BCUT2D eigenvalue weighted by molar-refractivity contribution is 6.22. The first-order valence-corrected chi connectivity index (χ1v) is 13.6. The van der Waals surface area contributed by atoms with Crippen molar-refractivity contribution in [1.82, 2.24) is 9.47 Å². The molecule has 3 aliphatic heterocycles. The molecule has 2 aromatic rings. The highest BCUT2D eigenvalue weighted by Crippen LogP contribution is 2.40. The quantitative estimate of drug-likeness (QED) is 0.548. The van der Waals surface area contributed by atoms with Gasteiger partial charge in [0, 0.05) is 49.8 Å². The van der Waals surface area contributed by atoms with Crippen LogP contribution in [-0.2, 0) is 20.8 Å². The normalized spacial score (nSPS) is 30.3. The molecular weight excluding hydrogens is 504 g/mol. The lowest BCUT2D eigenvalue weighted by atomic mass is 9.73. The monoisotopic (exact) mass is 540 g/mol. The van der Waals surface area contributed by atoms with Crippen LogP contribution in [0.15, 0.2) is 53.5 Å². The smallest absolute Gasteiger partial charge is 0.250 e. The van der Waals surface area contributed by atoms with Gasteiger partial charge < -0.3 is 23.7 Å². The number of pyridine rings is 1. The molecule has 2 fully saturated rings. The van der Waals surface area contributed by atoms with Crippen LogP contribution in [0, 0.1) is 17.8 Å². The van der Waals surface area contributed by atoms with Crippen molar-refractivity contribution in [3.05, 3.63) is 70.3 Å². The largest absolute Gasteiger partial charge is 0.497 e. The van der Waals surface area contributed by atoms with E-state index in [1.165, 1.54) is 12.1 Å². The number of Topliss-reactive ketones (excluding diaryl/α,β-unsaturated/α-hetero) is 1. The van der Waals surface area contributed by atoms with Gasteiger partial charge in [-0.1, -0.05) is 25.1 Å². The topological polar surface area (TPSA) is 70.0 Å². The summed E-state index contributed by atoms with van der Waals surface area (Å²) in [6, 6.07) is 13.2. The Morgan fingerprint density at radius 3 is 2.63 bits per heavy atom. The van der Waals surface area contributed by atoms with E-state index in [-0.39, 0.29) is 47.8 Å². The third-order valence-corrected chi connectivity index (χ3v) is 8.90. The zero-order valence-corrected chi connectivity index (χ0v) is 22.9. The number of ketones is 1. The average molecular weight is 541 g/mol. The van der Waals surface area contributed by atoms with Crippen molar-refractivity contribution < 1.29 is 19.0 Å². The molecule has 1 saturated heterocycles. The summed E-state index contributed by atoms with van der Waals surface area (Å²) in [7, 11) is 1.63. The van der Waals surface area contributed by atoms with Gasteiger partial charge in [0.2, 0.25) is 0 Å². The molecule has 1 aromatic carbocycles. The molecule has 4 heterocycles. The number of aromatic nitrogens is 1. The molecule has 1 aromatic heterocycles. The van der Waals surface area contributed by atoms with Crippen LogP contribution in [0.2, 0.25) is 0 Å². The van der Waals surface area contributed by atoms with Crippen LogP contribution in [0.3, 0.4) is 0 Å². The number of hydrogen-bond acceptors (Lipinski definition) is 6. The maximum absolute atomic E-state index is 13.3. The van der Waals surface area contributed by atoms with Gasteiger partial charge in [0.15, 0.2) is 5.78 Å². The van der Waals surface area contributed by atoms with Crippen LogP contribution in [0.1, 0.15) is 43.4 Å². The molecule has 1 saturated carbocycles. The SMILES string of the molecule is COc1ccc(C2=COC3C(CCC(OCCN4CC5CC(C4)c4cccc(=O)n4C5)C3C)C2=O)cc1.Cl. The van der Waals surface area contributed by atoms with Gasteiger partial charge in [-0.3, -0.25) is 9.59 Å². The molecule has 6 atom stereocenters. The highest BCUT2D eigenvalue weighted by Gasteiger charge is 2.45. The lowest BCUT2D eigenvalue weighted by Gasteiger charge is -2.44. The van der Waals surface area contributed by atoms with Crippen LogP contribution in [0.25, 0.3) is 5.57 Å². The summed E-state index contributed by atoms with van der Waals surface area (Å²) in [6.07, 6.45) is 4.42. The molecule has 0 amide bonds. The number of likely N-dealkylation sites (tertiary alicyclic amines) is 1. The van der Waals surface area contributed by atoms with Crippen LogP contribution >= 0.6 is 12.4 Å². The number of nitrogens with zero attached hydrogens (tertiary/aromatic N) is 2. The Hall–Kier alpha value is -2.61. The molecule has 2 bridgehead atoms. The van der Waals surface area contributed by atoms with E-state index in [4.69, 9.17) is 14.2 Å². The first-order chi connectivity index (χ1) is 18.0. The first kappa shape index (κ1) is 27.0. The van der Waals surface area contributed by atoms with E-state index >= 15 is 0 Å². The molecule has 204 valence electrons. The number of ether oxygens (including phenoxy) is 3. The van der Waals surface area contributed by atoms with Crippen LogP contribution in [-0.4, -0.2) is 60.8 Å². The van der Waals surface area contributed by atoms with E-state index in [1.807, 2.05) is 34.9 Å². The minimum atomic E-state index is -0.141. The van der Waals surface area contributed by atoms with Gasteiger partial charge in [0.05, 0.1) is 37.6 Å². The van der Waals surface area contributed by atoms with Crippen molar-refractivity contribution >= 4 is 23.8 Å². The lowest BCUT2D eigenvalue weighted by Crippen LogP contribution is -2.49. The molecule has 38 heavy (non-hydrogen) atoms. The number of halogens is 1. The number of benzene rings is 1. The average Bonchev–Trinajstić information content (AvgIpc) is 2.91. The minimum absolute atomic E-state index is 0. The Balaban J connectivity index is 0.00000294. The second-order valence-electron chi connectivity index (χ2n) is 11.1. The second kappa shape index (κ2) is 11.2. The van der Waals surface area contributed by atoms with Gasteiger partial charge in [-0.05, 0) is 48.9 Å². The summed E-state index contributed by atoms with van der Waals surface area (Å²) in [4.78, 5) is 28.1. The van der Waals surface area contributed by atoms with Crippen molar-refractivity contribution in [2.75, 3.05) is 33.4 Å². The Kier molecular flexibility index (Phi) is 7.98. The lowest BCUT2D eigenvalue weighted by molar-refractivity contribution is -0.135. The molecule has 4 aliphatic rings. The fourth-order valence-electron chi connectivity index (χ4n) is 6.98. The number of rotatable bonds is 6. The standard InChI is InChI=1S/C30H36N2O5.ClH/c1-19-27(11-10-24-29(34)25(18-37-30(19)24)21-6-8-23(35-2)9-7-21)36-13-12-31-15-20-14-22(17-31)26-4-3-5-28(33)32(26)16-20;/h3-9,18-20,22,24,27,30H,10-17H2,1-2H3;1H. The zero-order chi connectivity index (χ0) is 25.5. The number of hydrogen-bond donors (Lipinski definition) is 0. The van der Waals surface area contributed by atoms with Crippen LogP contribution in [0.5, 0.6) is 5.75 Å². The van der Waals surface area contributed by atoms with Gasteiger partial charge >= 0.3 is 0 Å². The number of carbonyl (C=O) groups is 1. The predicted octanol–water partition coefficient (Wildman–Crippen LogP) is 4.14. The maximum atomic E-state index is 13.3. The van der Waals surface area contributed by atoms with Crippen molar-refractivity contribution in [3.63, 3.8) is 0 Å². The van der Waals surface area contributed by atoms with Crippen molar-refractivity contribution in [2.24, 2.45) is 17.8 Å². The number of allylic oxidation sites excluding steroid dienone is 1. The number of piperidine rings is 1. The summed E-state index contributed by atoms with van der Waals surface area (Å²) in [5.41, 5.74) is 2.83. The minimum Gasteiger partial charge on any atom is -0.497 e. The van der Waals surface area contributed by atoms with Crippen LogP contribution < -0.4 is 10.3 Å². The maximum Gasteiger partial charge on any atom is 0.250 e. The van der Waals surface area contributed by atoms with Crippen molar-refractivity contribution in [2.45, 2.75) is 50.9 Å². The summed E-state index contributed by atoms with van der Waals surface area (Å²) in [5.74, 6) is 1.91. The molecule has 1 aliphatic carbocycles. The van der Waals surface area contributed by atoms with E-state index in [2.05, 4.69) is 17.9 Å². The Morgan fingerprint density at radius 2 is 1.84 bits per heavy atom. The molecule has 7 nitrogen and oxygen atoms in total. The van der Waals surface area contributed by atoms with E-state index in [1.54, 1.807) is 19.4 Å². The number of methoxy groups -OCH3 is 1. The molecule has 6 rings (SSSR count). The van der Waals surface area contributed by atoms with Crippen molar-refractivity contribution in [1.29, 1.82) is 0 Å². The van der Waals surface area contributed by atoms with Gasteiger partial charge in [0.1, 0.15) is 11.9 Å². The Bertz CT molecular complexity index is 1240. The summed E-state index contributed by atoms with van der Waals surface area (Å²) < 4.78 is 19.8. The van der Waals surface area contributed by atoms with E-state index in [9.17, 15) is 9.59 Å².